The van der Waals surface area contributed by atoms with Gasteiger partial charge in [0, 0.05) is 50.0 Å². The van der Waals surface area contributed by atoms with E-state index in [2.05, 4.69) is 0 Å². The number of carbonyl (C=O) groups is 1. The van der Waals surface area contributed by atoms with Gasteiger partial charge in [-0.3, -0.25) is 4.79 Å². The fraction of sp³-hybridized carbons (Fsp3) is 0.278. The number of hydrogen-bond acceptors (Lipinski definition) is 1. The molecule has 3 nitrogen and oxygen atoms in total. The van der Waals surface area contributed by atoms with Gasteiger partial charge in [0.25, 0.3) is 0 Å². The van der Waals surface area contributed by atoms with E-state index < -0.39 is 0 Å². The van der Waals surface area contributed by atoms with Crippen molar-refractivity contribution in [1.29, 1.82) is 0 Å². The zero-order valence-corrected chi connectivity index (χ0v) is 12.5. The van der Waals surface area contributed by atoms with Crippen molar-refractivity contribution in [3.05, 3.63) is 59.2 Å². The molecule has 3 heteroatoms. The molecule has 1 fully saturated rings. The Morgan fingerprint density at radius 1 is 0.905 bits per heavy atom. The van der Waals surface area contributed by atoms with E-state index in [1.807, 2.05) is 72.3 Å². The zero-order chi connectivity index (χ0) is 14.8. The summed E-state index contributed by atoms with van der Waals surface area (Å²) in [7, 11) is 3.98. The third-order valence-corrected chi connectivity index (χ3v) is 3.87. The first-order chi connectivity index (χ1) is 10.1. The maximum atomic E-state index is 12.6. The number of rotatable bonds is 2. The Labute approximate surface area is 125 Å². The van der Waals surface area contributed by atoms with Crippen molar-refractivity contribution in [2.24, 2.45) is 14.1 Å². The van der Waals surface area contributed by atoms with E-state index in [1.54, 1.807) is 0 Å². The van der Waals surface area contributed by atoms with Gasteiger partial charge in [0.15, 0.2) is 5.78 Å². The van der Waals surface area contributed by atoms with Crippen LogP contribution in [0.15, 0.2) is 48.1 Å². The number of allylic oxidation sites excluding steroid dienone is 2. The summed E-state index contributed by atoms with van der Waals surface area (Å²) in [5, 5.41) is 0. The van der Waals surface area contributed by atoms with Gasteiger partial charge < -0.3 is 9.13 Å². The third-order valence-electron chi connectivity index (χ3n) is 3.87. The van der Waals surface area contributed by atoms with Gasteiger partial charge >= 0.3 is 0 Å². The highest BCUT2D eigenvalue weighted by molar-refractivity contribution is 6.13. The number of aryl methyl sites for hydroxylation is 2. The van der Waals surface area contributed by atoms with Crippen LogP contribution in [0, 0.1) is 0 Å². The molecule has 0 amide bonds. The number of aromatic nitrogens is 2. The minimum atomic E-state index is 0.203. The number of Topliss-reactive ketones (excluding diaryl/α,β-unsaturated/α-hetero) is 1. The third kappa shape index (κ3) is 3.07. The summed E-state index contributed by atoms with van der Waals surface area (Å²) in [6.45, 7) is 0. The summed E-state index contributed by atoms with van der Waals surface area (Å²) in [6, 6.07) is 4.07. The Balaban J connectivity index is 1.87. The molecule has 0 spiro atoms. The summed E-state index contributed by atoms with van der Waals surface area (Å²) < 4.78 is 4.00. The van der Waals surface area contributed by atoms with E-state index in [1.165, 1.54) is 0 Å². The summed E-state index contributed by atoms with van der Waals surface area (Å²) in [5.41, 5.74) is 4.05. The first kappa shape index (κ1) is 13.7. The van der Waals surface area contributed by atoms with E-state index in [4.69, 9.17) is 0 Å². The van der Waals surface area contributed by atoms with Crippen LogP contribution in [-0.4, -0.2) is 14.9 Å². The molecule has 1 saturated carbocycles. The van der Waals surface area contributed by atoms with Gasteiger partial charge in [0.1, 0.15) is 0 Å². The first-order valence-electron chi connectivity index (χ1n) is 7.31. The predicted octanol–water partition coefficient (Wildman–Crippen LogP) is 3.58. The molecule has 0 aromatic carbocycles. The molecular weight excluding hydrogens is 260 g/mol. The van der Waals surface area contributed by atoms with Gasteiger partial charge in [-0.15, -0.1) is 0 Å². The highest BCUT2D eigenvalue weighted by Gasteiger charge is 2.20. The van der Waals surface area contributed by atoms with E-state index in [0.29, 0.717) is 0 Å². The molecule has 1 aliphatic carbocycles. The largest absolute Gasteiger partial charge is 0.357 e. The van der Waals surface area contributed by atoms with Crippen molar-refractivity contribution in [3.8, 4) is 0 Å². The standard InChI is InChI=1S/C18H20N2O/c1-19-8-6-14(12-19)10-16-4-3-5-17(18(16)21)11-15-7-9-20(2)13-15/h6-13H,3-5H2,1-2H3/b16-10+,17-11+. The van der Waals surface area contributed by atoms with Crippen molar-refractivity contribution >= 4 is 17.9 Å². The summed E-state index contributed by atoms with van der Waals surface area (Å²) in [6.07, 6.45) is 14.9. The normalized spacial score (nSPS) is 19.6. The van der Waals surface area contributed by atoms with Gasteiger partial charge in [0.05, 0.1) is 0 Å². The molecule has 0 unspecified atom stereocenters. The monoisotopic (exact) mass is 280 g/mol. The molecule has 0 radical (unpaired) electrons. The smallest absolute Gasteiger partial charge is 0.185 e. The van der Waals surface area contributed by atoms with Gasteiger partial charge in [-0.1, -0.05) is 0 Å². The van der Waals surface area contributed by atoms with Gasteiger partial charge in [-0.2, -0.15) is 0 Å². The van der Waals surface area contributed by atoms with Gasteiger partial charge in [-0.05, 0) is 54.7 Å². The molecule has 0 aliphatic heterocycles. The second-order valence-electron chi connectivity index (χ2n) is 5.74. The fourth-order valence-corrected chi connectivity index (χ4v) is 2.80. The average molecular weight is 280 g/mol. The number of hydrogen-bond donors (Lipinski definition) is 0. The zero-order valence-electron chi connectivity index (χ0n) is 12.5. The van der Waals surface area contributed by atoms with Crippen LogP contribution in [0.25, 0.3) is 12.2 Å². The lowest BCUT2D eigenvalue weighted by Gasteiger charge is -2.16. The minimum Gasteiger partial charge on any atom is -0.357 e. The van der Waals surface area contributed by atoms with Crippen LogP contribution < -0.4 is 0 Å². The predicted molar refractivity (Wildman–Crippen MR) is 85.6 cm³/mol. The maximum absolute atomic E-state index is 12.6. The fourth-order valence-electron chi connectivity index (χ4n) is 2.80. The Bertz CT molecular complexity index is 668. The molecule has 2 heterocycles. The van der Waals surface area contributed by atoms with Gasteiger partial charge in [-0.25, -0.2) is 0 Å². The Kier molecular flexibility index (Phi) is 3.65. The summed E-state index contributed by atoms with van der Waals surface area (Å²) in [5.74, 6) is 0.203. The van der Waals surface area contributed by atoms with Crippen LogP contribution in [0.3, 0.4) is 0 Å². The summed E-state index contributed by atoms with van der Waals surface area (Å²) >= 11 is 0. The lowest BCUT2D eigenvalue weighted by Crippen LogP contribution is -2.12. The first-order valence-corrected chi connectivity index (χ1v) is 7.31. The van der Waals surface area contributed by atoms with Gasteiger partial charge in [0.2, 0.25) is 0 Å². The molecule has 2 aromatic heterocycles. The highest BCUT2D eigenvalue weighted by atomic mass is 16.1. The molecule has 0 atom stereocenters. The number of carbonyl (C=O) groups excluding carboxylic acids is 1. The Hall–Kier alpha value is -2.29. The van der Waals surface area contributed by atoms with E-state index in [-0.39, 0.29) is 5.78 Å². The second-order valence-corrected chi connectivity index (χ2v) is 5.74. The van der Waals surface area contributed by atoms with Crippen LogP contribution in [0.2, 0.25) is 0 Å². The minimum absolute atomic E-state index is 0.203. The van der Waals surface area contributed by atoms with Crippen LogP contribution in [0.1, 0.15) is 30.4 Å². The van der Waals surface area contributed by atoms with Crippen molar-refractivity contribution in [2.75, 3.05) is 0 Å². The molecule has 0 N–H and O–H groups in total. The van der Waals surface area contributed by atoms with Crippen LogP contribution in [0.4, 0.5) is 0 Å². The Morgan fingerprint density at radius 3 is 1.76 bits per heavy atom. The van der Waals surface area contributed by atoms with Crippen LogP contribution in [-0.2, 0) is 18.9 Å². The Morgan fingerprint density at radius 2 is 1.38 bits per heavy atom. The van der Waals surface area contributed by atoms with Crippen LogP contribution >= 0.6 is 0 Å². The maximum Gasteiger partial charge on any atom is 0.185 e. The van der Waals surface area contributed by atoms with Crippen molar-refractivity contribution in [2.45, 2.75) is 19.3 Å². The highest BCUT2D eigenvalue weighted by Crippen LogP contribution is 2.28. The lowest BCUT2D eigenvalue weighted by molar-refractivity contribution is -0.112. The molecule has 2 aromatic rings. The molecule has 108 valence electrons. The van der Waals surface area contributed by atoms with Crippen molar-refractivity contribution in [1.82, 2.24) is 9.13 Å². The molecule has 3 rings (SSSR count). The number of nitrogens with zero attached hydrogens (tertiary/aromatic N) is 2. The molecular formula is C18H20N2O. The summed E-state index contributed by atoms with van der Waals surface area (Å²) in [4.78, 5) is 12.6. The lowest BCUT2D eigenvalue weighted by atomic mass is 9.87. The molecule has 1 aliphatic rings. The number of ketones is 1. The second kappa shape index (κ2) is 5.60. The van der Waals surface area contributed by atoms with E-state index in [0.717, 1.165) is 41.5 Å². The molecule has 0 saturated heterocycles. The topological polar surface area (TPSA) is 26.9 Å². The quantitative estimate of drug-likeness (QED) is 0.772. The average Bonchev–Trinajstić information content (AvgIpc) is 3.03. The SMILES string of the molecule is Cn1ccc(/C=C2\CCC/C(=C\c3ccn(C)c3)C2=O)c1. The molecule has 21 heavy (non-hydrogen) atoms. The van der Waals surface area contributed by atoms with Crippen LogP contribution in [0.5, 0.6) is 0 Å². The van der Waals surface area contributed by atoms with E-state index in [9.17, 15) is 4.79 Å². The molecule has 0 bridgehead atoms. The van der Waals surface area contributed by atoms with Crippen molar-refractivity contribution in [3.63, 3.8) is 0 Å². The van der Waals surface area contributed by atoms with Crippen molar-refractivity contribution < 1.29 is 4.79 Å². The van der Waals surface area contributed by atoms with E-state index >= 15 is 0 Å².